The molecule has 0 saturated carbocycles. The summed E-state index contributed by atoms with van der Waals surface area (Å²) in [6.45, 7) is 6.60. The van der Waals surface area contributed by atoms with Crippen LogP contribution in [0, 0.1) is 0 Å². The van der Waals surface area contributed by atoms with Crippen LogP contribution in [0.15, 0.2) is 54.6 Å². The standard InChI is InChI=1S/C26H32N4OS/c1-3-4-6-9-21-12-14-23(15-13-21)25(31)30-17-16-29(19-20(30)2)26-27-24(28-32-26)18-22-10-7-5-8-11-22/h5,7-8,10-15,20H,3-4,6,9,16-19H2,1-2H3. The number of anilines is 1. The zero-order valence-corrected chi connectivity index (χ0v) is 19.9. The molecule has 1 amide bonds. The summed E-state index contributed by atoms with van der Waals surface area (Å²) in [4.78, 5) is 22.1. The van der Waals surface area contributed by atoms with Crippen molar-refractivity contribution in [2.75, 3.05) is 24.5 Å². The number of aromatic nitrogens is 2. The van der Waals surface area contributed by atoms with Crippen molar-refractivity contribution in [1.29, 1.82) is 0 Å². The van der Waals surface area contributed by atoms with Gasteiger partial charge in [-0.25, -0.2) is 4.98 Å². The van der Waals surface area contributed by atoms with Crippen LogP contribution in [-0.2, 0) is 12.8 Å². The fraction of sp³-hybridized carbons (Fsp3) is 0.423. The fourth-order valence-electron chi connectivity index (χ4n) is 4.22. The van der Waals surface area contributed by atoms with Crippen LogP contribution in [0.4, 0.5) is 5.13 Å². The van der Waals surface area contributed by atoms with Crippen molar-refractivity contribution < 1.29 is 4.79 Å². The van der Waals surface area contributed by atoms with Gasteiger partial charge in [-0.05, 0) is 43.0 Å². The van der Waals surface area contributed by atoms with E-state index in [1.807, 2.05) is 35.2 Å². The number of hydrogen-bond donors (Lipinski definition) is 0. The highest BCUT2D eigenvalue weighted by Crippen LogP contribution is 2.23. The second kappa shape index (κ2) is 10.7. The van der Waals surface area contributed by atoms with E-state index < -0.39 is 0 Å². The van der Waals surface area contributed by atoms with Gasteiger partial charge < -0.3 is 9.80 Å². The van der Waals surface area contributed by atoms with Crippen LogP contribution in [0.5, 0.6) is 0 Å². The first-order valence-corrected chi connectivity index (χ1v) is 12.4. The number of benzene rings is 2. The molecule has 2 aromatic carbocycles. The second-order valence-electron chi connectivity index (χ2n) is 8.60. The lowest BCUT2D eigenvalue weighted by Gasteiger charge is -2.39. The lowest BCUT2D eigenvalue weighted by Crippen LogP contribution is -2.54. The minimum absolute atomic E-state index is 0.124. The number of piperazine rings is 1. The molecule has 6 heteroatoms. The molecule has 0 N–H and O–H groups in total. The van der Waals surface area contributed by atoms with Gasteiger partial charge in [0.1, 0.15) is 5.82 Å². The van der Waals surface area contributed by atoms with Crippen molar-refractivity contribution in [1.82, 2.24) is 14.3 Å². The summed E-state index contributed by atoms with van der Waals surface area (Å²) in [5, 5.41) is 0.950. The SMILES string of the molecule is CCCCCc1ccc(C(=O)N2CCN(c3nc(Cc4ccccc4)ns3)CC2C)cc1. The molecule has 0 radical (unpaired) electrons. The monoisotopic (exact) mass is 448 g/mol. The Morgan fingerprint density at radius 2 is 1.81 bits per heavy atom. The lowest BCUT2D eigenvalue weighted by atomic mass is 10.0. The Morgan fingerprint density at radius 1 is 1.03 bits per heavy atom. The molecule has 3 aromatic rings. The Morgan fingerprint density at radius 3 is 2.53 bits per heavy atom. The zero-order chi connectivity index (χ0) is 22.3. The van der Waals surface area contributed by atoms with E-state index in [9.17, 15) is 4.79 Å². The van der Waals surface area contributed by atoms with Crippen molar-refractivity contribution >= 4 is 22.6 Å². The molecule has 0 spiro atoms. The van der Waals surface area contributed by atoms with E-state index in [0.717, 1.165) is 42.5 Å². The van der Waals surface area contributed by atoms with Gasteiger partial charge in [-0.3, -0.25) is 4.79 Å². The molecule has 2 heterocycles. The molecular weight excluding hydrogens is 416 g/mol. The molecule has 32 heavy (non-hydrogen) atoms. The summed E-state index contributed by atoms with van der Waals surface area (Å²) in [6.07, 6.45) is 5.53. The first-order valence-electron chi connectivity index (χ1n) is 11.7. The van der Waals surface area contributed by atoms with Crippen molar-refractivity contribution in [3.8, 4) is 0 Å². The van der Waals surface area contributed by atoms with Crippen LogP contribution in [0.2, 0.25) is 0 Å². The maximum absolute atomic E-state index is 13.1. The Labute approximate surface area is 195 Å². The van der Waals surface area contributed by atoms with Gasteiger partial charge in [0.15, 0.2) is 0 Å². The third kappa shape index (κ3) is 5.54. The van der Waals surface area contributed by atoms with E-state index in [-0.39, 0.29) is 11.9 Å². The number of aryl methyl sites for hydroxylation is 1. The minimum atomic E-state index is 0.124. The number of nitrogens with zero attached hydrogens (tertiary/aromatic N) is 4. The van der Waals surface area contributed by atoms with Gasteiger partial charge in [0.05, 0.1) is 0 Å². The first-order chi connectivity index (χ1) is 15.6. The largest absolute Gasteiger partial charge is 0.343 e. The van der Waals surface area contributed by atoms with Gasteiger partial charge in [-0.2, -0.15) is 4.37 Å². The molecule has 1 saturated heterocycles. The number of hydrogen-bond acceptors (Lipinski definition) is 5. The van der Waals surface area contributed by atoms with Crippen molar-refractivity contribution in [2.24, 2.45) is 0 Å². The predicted octanol–water partition coefficient (Wildman–Crippen LogP) is 5.21. The summed E-state index contributed by atoms with van der Waals surface area (Å²) in [6, 6.07) is 18.6. The molecule has 0 aliphatic carbocycles. The molecule has 1 aliphatic heterocycles. The number of carbonyl (C=O) groups is 1. The molecule has 4 rings (SSSR count). The third-order valence-corrected chi connectivity index (χ3v) is 6.91. The zero-order valence-electron chi connectivity index (χ0n) is 19.0. The van der Waals surface area contributed by atoms with Crippen molar-refractivity contribution in [3.05, 3.63) is 77.1 Å². The summed E-state index contributed by atoms with van der Waals surface area (Å²) in [5.74, 6) is 0.987. The van der Waals surface area contributed by atoms with Gasteiger partial charge in [0.2, 0.25) is 5.13 Å². The van der Waals surface area contributed by atoms with Crippen LogP contribution in [-0.4, -0.2) is 45.8 Å². The average Bonchev–Trinajstić information content (AvgIpc) is 3.28. The maximum atomic E-state index is 13.1. The van der Waals surface area contributed by atoms with E-state index in [4.69, 9.17) is 4.98 Å². The van der Waals surface area contributed by atoms with E-state index >= 15 is 0 Å². The first kappa shape index (κ1) is 22.5. The molecule has 1 aliphatic rings. The predicted molar refractivity (Wildman–Crippen MR) is 132 cm³/mol. The van der Waals surface area contributed by atoms with E-state index in [1.54, 1.807) is 0 Å². The Balaban J connectivity index is 1.33. The molecule has 1 aromatic heterocycles. The topological polar surface area (TPSA) is 49.3 Å². The third-order valence-electron chi connectivity index (χ3n) is 6.09. The van der Waals surface area contributed by atoms with E-state index in [1.165, 1.54) is 41.9 Å². The number of carbonyl (C=O) groups excluding carboxylic acids is 1. The van der Waals surface area contributed by atoms with E-state index in [0.29, 0.717) is 6.54 Å². The van der Waals surface area contributed by atoms with Crippen LogP contribution in [0.1, 0.15) is 60.4 Å². The highest BCUT2D eigenvalue weighted by atomic mass is 32.1. The maximum Gasteiger partial charge on any atom is 0.254 e. The summed E-state index contributed by atoms with van der Waals surface area (Å²) in [7, 11) is 0. The van der Waals surface area contributed by atoms with E-state index in [2.05, 4.69) is 47.4 Å². The molecule has 1 atom stereocenters. The molecule has 168 valence electrons. The summed E-state index contributed by atoms with van der Waals surface area (Å²) >= 11 is 1.45. The Kier molecular flexibility index (Phi) is 7.53. The van der Waals surface area contributed by atoms with Gasteiger partial charge in [-0.1, -0.05) is 62.2 Å². The van der Waals surface area contributed by atoms with Crippen LogP contribution in [0.25, 0.3) is 0 Å². The van der Waals surface area contributed by atoms with Gasteiger partial charge in [0, 0.05) is 49.2 Å². The van der Waals surface area contributed by atoms with Crippen LogP contribution < -0.4 is 4.90 Å². The van der Waals surface area contributed by atoms with Crippen LogP contribution in [0.3, 0.4) is 0 Å². The Hall–Kier alpha value is -2.73. The van der Waals surface area contributed by atoms with Crippen molar-refractivity contribution in [3.63, 3.8) is 0 Å². The Bertz CT molecular complexity index is 1000. The highest BCUT2D eigenvalue weighted by molar-refractivity contribution is 7.09. The minimum Gasteiger partial charge on any atom is -0.343 e. The average molecular weight is 449 g/mol. The highest BCUT2D eigenvalue weighted by Gasteiger charge is 2.29. The van der Waals surface area contributed by atoms with Gasteiger partial charge in [0.25, 0.3) is 5.91 Å². The number of unbranched alkanes of at least 4 members (excludes halogenated alkanes) is 2. The lowest BCUT2D eigenvalue weighted by molar-refractivity contribution is 0.0674. The van der Waals surface area contributed by atoms with Gasteiger partial charge in [-0.15, -0.1) is 0 Å². The number of amides is 1. The summed E-state index contributed by atoms with van der Waals surface area (Å²) in [5.41, 5.74) is 3.32. The summed E-state index contributed by atoms with van der Waals surface area (Å²) < 4.78 is 4.56. The molecule has 5 nitrogen and oxygen atoms in total. The normalized spacial score (nSPS) is 16.4. The van der Waals surface area contributed by atoms with Gasteiger partial charge >= 0.3 is 0 Å². The fourth-order valence-corrected chi connectivity index (χ4v) is 4.94. The van der Waals surface area contributed by atoms with Crippen LogP contribution >= 0.6 is 11.5 Å². The quantitative estimate of drug-likeness (QED) is 0.444. The number of rotatable bonds is 8. The molecule has 1 unspecified atom stereocenters. The van der Waals surface area contributed by atoms with Crippen molar-refractivity contribution in [2.45, 2.75) is 52.0 Å². The molecule has 0 bridgehead atoms. The second-order valence-corrected chi connectivity index (χ2v) is 9.33. The smallest absolute Gasteiger partial charge is 0.254 e. The molecule has 1 fully saturated rings. The molecular formula is C26H32N4OS.